The van der Waals surface area contributed by atoms with E-state index in [1.54, 1.807) is 18.6 Å². The monoisotopic (exact) mass is 342 g/mol. The topological polar surface area (TPSA) is 82.9 Å². The van der Waals surface area contributed by atoms with Gasteiger partial charge in [0.25, 0.3) is 0 Å². The Morgan fingerprint density at radius 2 is 2.04 bits per heavy atom. The first-order valence-electron chi connectivity index (χ1n) is 8.98. The summed E-state index contributed by atoms with van der Waals surface area (Å²) in [6.07, 6.45) is 5.09. The van der Waals surface area contributed by atoms with Crippen molar-refractivity contribution in [3.8, 4) is 0 Å². The predicted molar refractivity (Wildman–Crippen MR) is 95.5 cm³/mol. The highest BCUT2D eigenvalue weighted by molar-refractivity contribution is 5.31. The van der Waals surface area contributed by atoms with Gasteiger partial charge in [-0.15, -0.1) is 0 Å². The highest BCUT2D eigenvalue weighted by atomic mass is 15.4. The zero-order chi connectivity index (χ0) is 17.2. The van der Waals surface area contributed by atoms with Crippen molar-refractivity contribution < 1.29 is 0 Å². The zero-order valence-electron chi connectivity index (χ0n) is 14.8. The van der Waals surface area contributed by atoms with Crippen LogP contribution in [0.25, 0.3) is 0 Å². The van der Waals surface area contributed by atoms with E-state index in [0.717, 1.165) is 37.7 Å². The molecular formula is C17H26N8. The van der Waals surface area contributed by atoms with Gasteiger partial charge in [-0.3, -0.25) is 25.4 Å². The Morgan fingerprint density at radius 3 is 2.80 bits per heavy atom. The van der Waals surface area contributed by atoms with E-state index in [2.05, 4.69) is 55.6 Å². The molecule has 2 aromatic rings. The summed E-state index contributed by atoms with van der Waals surface area (Å²) < 4.78 is 2.14. The fourth-order valence-electron chi connectivity index (χ4n) is 3.72. The number of rotatable bonds is 5. The van der Waals surface area contributed by atoms with Crippen LogP contribution in [0.4, 0.5) is 5.82 Å². The molecule has 134 valence electrons. The van der Waals surface area contributed by atoms with Gasteiger partial charge >= 0.3 is 0 Å². The number of hydrazine groups is 1. The van der Waals surface area contributed by atoms with Gasteiger partial charge in [0, 0.05) is 50.0 Å². The molecule has 2 aliphatic heterocycles. The van der Waals surface area contributed by atoms with Gasteiger partial charge in [0.15, 0.2) is 0 Å². The lowest BCUT2D eigenvalue weighted by atomic mass is 9.96. The SMILES string of the molecule is CC1NNC(C)C1CN1CCn2nc(CNc3cnccn3)cc2C1. The number of nitrogens with zero attached hydrogens (tertiary/aromatic N) is 5. The molecule has 0 amide bonds. The molecule has 2 unspecified atom stereocenters. The summed E-state index contributed by atoms with van der Waals surface area (Å²) >= 11 is 0. The first-order chi connectivity index (χ1) is 12.2. The Balaban J connectivity index is 1.36. The van der Waals surface area contributed by atoms with Crippen LogP contribution in [0.3, 0.4) is 0 Å². The third-order valence-electron chi connectivity index (χ3n) is 5.23. The van der Waals surface area contributed by atoms with Gasteiger partial charge in [-0.25, -0.2) is 4.98 Å². The van der Waals surface area contributed by atoms with E-state index in [1.165, 1.54) is 5.69 Å². The van der Waals surface area contributed by atoms with Crippen molar-refractivity contribution >= 4 is 5.82 Å². The van der Waals surface area contributed by atoms with Gasteiger partial charge in [0.05, 0.1) is 30.7 Å². The van der Waals surface area contributed by atoms with E-state index >= 15 is 0 Å². The molecule has 2 aromatic heterocycles. The minimum Gasteiger partial charge on any atom is -0.363 e. The van der Waals surface area contributed by atoms with E-state index < -0.39 is 0 Å². The van der Waals surface area contributed by atoms with E-state index in [-0.39, 0.29) is 0 Å². The van der Waals surface area contributed by atoms with Gasteiger partial charge in [-0.05, 0) is 19.9 Å². The Morgan fingerprint density at radius 1 is 1.20 bits per heavy atom. The Bertz CT molecular complexity index is 690. The number of nitrogens with one attached hydrogen (secondary N) is 3. The molecule has 25 heavy (non-hydrogen) atoms. The summed E-state index contributed by atoms with van der Waals surface area (Å²) in [6, 6.07) is 3.22. The maximum Gasteiger partial charge on any atom is 0.144 e. The molecule has 0 aromatic carbocycles. The van der Waals surface area contributed by atoms with Crippen molar-refractivity contribution in [1.82, 2.24) is 35.5 Å². The van der Waals surface area contributed by atoms with E-state index in [0.29, 0.717) is 24.5 Å². The molecule has 2 aliphatic rings. The normalized spacial score (nSPS) is 26.6. The fourth-order valence-corrected chi connectivity index (χ4v) is 3.72. The first kappa shape index (κ1) is 16.4. The Hall–Kier alpha value is -2.03. The van der Waals surface area contributed by atoms with Crippen LogP contribution in [0.5, 0.6) is 0 Å². The quantitative estimate of drug-likeness (QED) is 0.734. The van der Waals surface area contributed by atoms with E-state index in [4.69, 9.17) is 5.10 Å². The lowest BCUT2D eigenvalue weighted by Gasteiger charge is -2.31. The minimum absolute atomic E-state index is 0.508. The van der Waals surface area contributed by atoms with Crippen molar-refractivity contribution in [3.63, 3.8) is 0 Å². The second kappa shape index (κ2) is 7.07. The van der Waals surface area contributed by atoms with Crippen molar-refractivity contribution in [2.24, 2.45) is 5.92 Å². The molecule has 1 saturated heterocycles. The smallest absolute Gasteiger partial charge is 0.144 e. The van der Waals surface area contributed by atoms with Crippen molar-refractivity contribution in [3.05, 3.63) is 36.0 Å². The van der Waals surface area contributed by atoms with Crippen LogP contribution in [-0.4, -0.2) is 49.8 Å². The van der Waals surface area contributed by atoms with Crippen LogP contribution in [-0.2, 0) is 19.6 Å². The second-order valence-electron chi connectivity index (χ2n) is 7.06. The molecular weight excluding hydrogens is 316 g/mol. The third-order valence-corrected chi connectivity index (χ3v) is 5.23. The van der Waals surface area contributed by atoms with Crippen molar-refractivity contribution in [1.29, 1.82) is 0 Å². The van der Waals surface area contributed by atoms with Gasteiger partial charge < -0.3 is 5.32 Å². The first-order valence-corrected chi connectivity index (χ1v) is 8.98. The van der Waals surface area contributed by atoms with Crippen LogP contribution in [0.15, 0.2) is 24.7 Å². The van der Waals surface area contributed by atoms with E-state index in [9.17, 15) is 0 Å². The standard InChI is InChI=1S/C17H26N8/c1-12-16(13(2)22-21-12)11-24-5-6-25-15(10-24)7-14(23-25)8-20-17-9-18-3-4-19-17/h3-4,7,9,12-13,16,21-22H,5-6,8,10-11H2,1-2H3,(H,19,20). The van der Waals surface area contributed by atoms with Gasteiger partial charge in [-0.1, -0.05) is 0 Å². The fraction of sp³-hybridized carbons (Fsp3) is 0.588. The molecule has 0 saturated carbocycles. The predicted octanol–water partition coefficient (Wildman–Crippen LogP) is 0.602. The highest BCUT2D eigenvalue weighted by Crippen LogP contribution is 2.20. The van der Waals surface area contributed by atoms with Crippen molar-refractivity contribution in [2.45, 2.75) is 45.6 Å². The van der Waals surface area contributed by atoms with Gasteiger partial charge in [-0.2, -0.15) is 5.10 Å². The molecule has 3 N–H and O–H groups in total. The second-order valence-corrected chi connectivity index (χ2v) is 7.06. The molecule has 8 heteroatoms. The van der Waals surface area contributed by atoms with Gasteiger partial charge in [0.2, 0.25) is 0 Å². The summed E-state index contributed by atoms with van der Waals surface area (Å²) in [5.41, 5.74) is 9.04. The number of anilines is 1. The van der Waals surface area contributed by atoms with Crippen LogP contribution >= 0.6 is 0 Å². The molecule has 2 atom stereocenters. The average Bonchev–Trinajstić information content (AvgIpc) is 3.18. The minimum atomic E-state index is 0.508. The molecule has 4 rings (SSSR count). The van der Waals surface area contributed by atoms with Crippen LogP contribution < -0.4 is 16.2 Å². The number of hydrogen-bond acceptors (Lipinski definition) is 7. The number of fused-ring (bicyclic) bond motifs is 1. The highest BCUT2D eigenvalue weighted by Gasteiger charge is 2.32. The lowest BCUT2D eigenvalue weighted by Crippen LogP contribution is -2.41. The summed E-state index contributed by atoms with van der Waals surface area (Å²) in [5.74, 6) is 1.41. The Labute approximate surface area is 148 Å². The molecule has 0 aliphatic carbocycles. The third kappa shape index (κ3) is 3.65. The molecule has 4 heterocycles. The van der Waals surface area contributed by atoms with E-state index in [1.807, 2.05) is 0 Å². The number of hydrogen-bond donors (Lipinski definition) is 3. The maximum absolute atomic E-state index is 4.72. The molecule has 0 bridgehead atoms. The number of aromatic nitrogens is 4. The zero-order valence-corrected chi connectivity index (χ0v) is 14.8. The largest absolute Gasteiger partial charge is 0.363 e. The summed E-state index contributed by atoms with van der Waals surface area (Å²) in [5, 5.41) is 7.99. The molecule has 1 fully saturated rings. The van der Waals surface area contributed by atoms with Gasteiger partial charge in [0.1, 0.15) is 5.82 Å². The van der Waals surface area contributed by atoms with Crippen LogP contribution in [0, 0.1) is 5.92 Å². The molecule has 0 radical (unpaired) electrons. The van der Waals surface area contributed by atoms with Crippen LogP contribution in [0.1, 0.15) is 25.2 Å². The van der Waals surface area contributed by atoms with Crippen molar-refractivity contribution in [2.75, 3.05) is 18.4 Å². The maximum atomic E-state index is 4.72. The summed E-state index contributed by atoms with van der Waals surface area (Å²) in [4.78, 5) is 10.8. The summed E-state index contributed by atoms with van der Waals surface area (Å²) in [7, 11) is 0. The van der Waals surface area contributed by atoms with Crippen LogP contribution in [0.2, 0.25) is 0 Å². The molecule has 0 spiro atoms. The Kier molecular flexibility index (Phi) is 4.65. The average molecular weight is 342 g/mol. The molecule has 8 nitrogen and oxygen atoms in total. The lowest BCUT2D eigenvalue weighted by molar-refractivity contribution is 0.172. The summed E-state index contributed by atoms with van der Waals surface area (Å²) in [6.45, 7) is 9.27.